The first-order valence-electron chi connectivity index (χ1n) is 6.36. The van der Waals surface area contributed by atoms with Gasteiger partial charge in [-0.3, -0.25) is 4.79 Å². The number of nitrogens with one attached hydrogen (secondary N) is 1. The number of hydrogen-bond acceptors (Lipinski definition) is 4. The number of halogens is 1. The third-order valence-electron chi connectivity index (χ3n) is 2.85. The summed E-state index contributed by atoms with van der Waals surface area (Å²) in [5.41, 5.74) is 1.41. The zero-order valence-corrected chi connectivity index (χ0v) is 13.6. The maximum atomic E-state index is 12.2. The largest absolute Gasteiger partial charge is 0.495 e. The van der Waals surface area contributed by atoms with E-state index in [2.05, 4.69) is 21.2 Å². The number of benzene rings is 1. The zero-order chi connectivity index (χ0) is 16.1. The highest BCUT2D eigenvalue weighted by atomic mass is 79.9. The molecule has 1 N–H and O–H groups in total. The molecule has 0 spiro atoms. The maximum absolute atomic E-state index is 12.2. The lowest BCUT2D eigenvalue weighted by Crippen LogP contribution is -2.14. The number of carbonyl (C=O) groups is 1. The van der Waals surface area contributed by atoms with Gasteiger partial charge in [-0.15, -0.1) is 0 Å². The number of methoxy groups -OCH3 is 1. The predicted octanol–water partition coefficient (Wildman–Crippen LogP) is 3.90. The number of rotatable bonds is 4. The van der Waals surface area contributed by atoms with Gasteiger partial charge in [0.15, 0.2) is 4.67 Å². The first-order chi connectivity index (χ1) is 10.5. The van der Waals surface area contributed by atoms with Crippen molar-refractivity contribution in [2.24, 2.45) is 0 Å². The molecule has 0 fully saturated rings. The summed E-state index contributed by atoms with van der Waals surface area (Å²) in [5, 5.41) is 11.8. The maximum Gasteiger partial charge on any atom is 0.266 e. The Kier molecular flexibility index (Phi) is 5.02. The Morgan fingerprint density at radius 1 is 1.41 bits per heavy atom. The lowest BCUT2D eigenvalue weighted by Gasteiger charge is -2.10. The van der Waals surface area contributed by atoms with Crippen molar-refractivity contribution in [1.29, 1.82) is 5.26 Å². The van der Waals surface area contributed by atoms with Crippen molar-refractivity contribution >= 4 is 33.6 Å². The lowest BCUT2D eigenvalue weighted by atomic mass is 10.2. The summed E-state index contributed by atoms with van der Waals surface area (Å²) in [5.74, 6) is 0.408. The number of furan rings is 1. The van der Waals surface area contributed by atoms with E-state index in [4.69, 9.17) is 14.4 Å². The molecule has 112 valence electrons. The van der Waals surface area contributed by atoms with Crippen molar-refractivity contribution < 1.29 is 13.9 Å². The molecule has 0 aliphatic carbocycles. The standard InChI is InChI=1S/C16H13BrN2O3/c1-10-3-5-14(21-2)13(7-10)19-16(20)11(9-18)8-12-4-6-15(17)22-12/h3-8H,1-2H3,(H,19,20)/b11-8+. The molecule has 2 aromatic rings. The lowest BCUT2D eigenvalue weighted by molar-refractivity contribution is -0.112. The van der Waals surface area contributed by atoms with E-state index >= 15 is 0 Å². The van der Waals surface area contributed by atoms with Gasteiger partial charge in [-0.25, -0.2) is 0 Å². The Bertz CT molecular complexity index is 772. The first-order valence-corrected chi connectivity index (χ1v) is 7.16. The highest BCUT2D eigenvalue weighted by Gasteiger charge is 2.13. The number of nitrogens with zero attached hydrogens (tertiary/aromatic N) is 1. The number of amides is 1. The third-order valence-corrected chi connectivity index (χ3v) is 3.28. The molecule has 0 saturated heterocycles. The third kappa shape index (κ3) is 3.77. The van der Waals surface area contributed by atoms with Crippen LogP contribution in [0.1, 0.15) is 11.3 Å². The number of hydrogen-bond donors (Lipinski definition) is 1. The molecule has 0 atom stereocenters. The highest BCUT2D eigenvalue weighted by Crippen LogP contribution is 2.26. The molecule has 6 heteroatoms. The number of nitriles is 1. The molecule has 0 bridgehead atoms. The van der Waals surface area contributed by atoms with Crippen molar-refractivity contribution in [3.05, 3.63) is 51.9 Å². The summed E-state index contributed by atoms with van der Waals surface area (Å²) >= 11 is 3.17. The molecular formula is C16H13BrN2O3. The van der Waals surface area contributed by atoms with Crippen LogP contribution in [0.25, 0.3) is 6.08 Å². The second-order valence-corrected chi connectivity index (χ2v) is 5.25. The van der Waals surface area contributed by atoms with Crippen molar-refractivity contribution in [1.82, 2.24) is 0 Å². The minimum Gasteiger partial charge on any atom is -0.495 e. The van der Waals surface area contributed by atoms with Crippen LogP contribution >= 0.6 is 15.9 Å². The average Bonchev–Trinajstić information content (AvgIpc) is 2.90. The van der Waals surface area contributed by atoms with Gasteiger partial charge in [0, 0.05) is 6.08 Å². The van der Waals surface area contributed by atoms with Gasteiger partial charge in [-0.2, -0.15) is 5.26 Å². The quantitative estimate of drug-likeness (QED) is 0.662. The van der Waals surface area contributed by atoms with Crippen LogP contribution in [0.2, 0.25) is 0 Å². The average molecular weight is 361 g/mol. The number of aryl methyl sites for hydroxylation is 1. The molecule has 22 heavy (non-hydrogen) atoms. The van der Waals surface area contributed by atoms with Crippen molar-refractivity contribution in [2.45, 2.75) is 6.92 Å². The predicted molar refractivity (Wildman–Crippen MR) is 86.4 cm³/mol. The van der Waals surface area contributed by atoms with Gasteiger partial charge in [-0.1, -0.05) is 6.07 Å². The second-order valence-electron chi connectivity index (χ2n) is 4.47. The fourth-order valence-electron chi connectivity index (χ4n) is 1.81. The molecule has 0 unspecified atom stereocenters. The summed E-state index contributed by atoms with van der Waals surface area (Å²) in [6.45, 7) is 1.90. The summed E-state index contributed by atoms with van der Waals surface area (Å²) < 4.78 is 11.0. The minimum absolute atomic E-state index is 0.0644. The van der Waals surface area contributed by atoms with Crippen LogP contribution in [-0.4, -0.2) is 13.0 Å². The molecular weight excluding hydrogens is 348 g/mol. The number of ether oxygens (including phenoxy) is 1. The molecule has 0 radical (unpaired) electrons. The van der Waals surface area contributed by atoms with Crippen molar-refractivity contribution in [3.63, 3.8) is 0 Å². The van der Waals surface area contributed by atoms with Crippen LogP contribution in [0.15, 0.2) is 45.0 Å². The van der Waals surface area contributed by atoms with Gasteiger partial charge in [0.05, 0.1) is 12.8 Å². The van der Waals surface area contributed by atoms with E-state index in [9.17, 15) is 4.79 Å². The Morgan fingerprint density at radius 2 is 2.18 bits per heavy atom. The van der Waals surface area contributed by atoms with E-state index in [0.717, 1.165) is 5.56 Å². The molecule has 0 aliphatic heterocycles. The van der Waals surface area contributed by atoms with Crippen LogP contribution in [0.4, 0.5) is 5.69 Å². The van der Waals surface area contributed by atoms with Crippen LogP contribution in [-0.2, 0) is 4.79 Å². The Labute approximate surface area is 136 Å². The SMILES string of the molecule is COc1ccc(C)cc1NC(=O)/C(C#N)=C/c1ccc(Br)o1. The van der Waals surface area contributed by atoms with Crippen molar-refractivity contribution in [2.75, 3.05) is 12.4 Å². The van der Waals surface area contributed by atoms with Crippen LogP contribution in [0, 0.1) is 18.3 Å². The van der Waals surface area contributed by atoms with E-state index < -0.39 is 5.91 Å². The Balaban J connectivity index is 2.25. The van der Waals surface area contributed by atoms with Crippen LogP contribution in [0.3, 0.4) is 0 Å². The van der Waals surface area contributed by atoms with Gasteiger partial charge in [0.1, 0.15) is 23.2 Å². The monoisotopic (exact) mass is 360 g/mol. The molecule has 1 aromatic carbocycles. The van der Waals surface area contributed by atoms with Crippen LogP contribution < -0.4 is 10.1 Å². The van der Waals surface area contributed by atoms with E-state index in [1.165, 1.54) is 13.2 Å². The zero-order valence-electron chi connectivity index (χ0n) is 12.0. The number of carbonyl (C=O) groups excluding carboxylic acids is 1. The first kappa shape index (κ1) is 15.9. The van der Waals surface area contributed by atoms with E-state index in [0.29, 0.717) is 21.9 Å². The van der Waals surface area contributed by atoms with Gasteiger partial charge in [0.25, 0.3) is 5.91 Å². The van der Waals surface area contributed by atoms with Crippen LogP contribution in [0.5, 0.6) is 5.75 Å². The topological polar surface area (TPSA) is 75.3 Å². The molecule has 0 saturated carbocycles. The fourth-order valence-corrected chi connectivity index (χ4v) is 2.12. The van der Waals surface area contributed by atoms with Gasteiger partial charge in [0.2, 0.25) is 0 Å². The fraction of sp³-hybridized carbons (Fsp3) is 0.125. The van der Waals surface area contributed by atoms with E-state index in [-0.39, 0.29) is 5.57 Å². The highest BCUT2D eigenvalue weighted by molar-refractivity contribution is 9.10. The Morgan fingerprint density at radius 3 is 2.77 bits per heavy atom. The summed E-state index contributed by atoms with van der Waals surface area (Å²) in [6.07, 6.45) is 1.38. The molecule has 1 amide bonds. The van der Waals surface area contributed by atoms with E-state index in [1.807, 2.05) is 19.1 Å². The van der Waals surface area contributed by atoms with E-state index in [1.54, 1.807) is 24.3 Å². The summed E-state index contributed by atoms with van der Waals surface area (Å²) in [4.78, 5) is 12.2. The summed E-state index contributed by atoms with van der Waals surface area (Å²) in [7, 11) is 1.52. The summed E-state index contributed by atoms with van der Waals surface area (Å²) in [6, 6.07) is 10.6. The van der Waals surface area contributed by atoms with Crippen molar-refractivity contribution in [3.8, 4) is 11.8 Å². The second kappa shape index (κ2) is 6.96. The van der Waals surface area contributed by atoms with Gasteiger partial charge < -0.3 is 14.5 Å². The molecule has 0 aliphatic rings. The van der Waals surface area contributed by atoms with Gasteiger partial charge >= 0.3 is 0 Å². The molecule has 5 nitrogen and oxygen atoms in total. The molecule has 1 aromatic heterocycles. The minimum atomic E-state index is -0.529. The number of anilines is 1. The normalized spacial score (nSPS) is 10.9. The Hall–Kier alpha value is -2.52. The van der Waals surface area contributed by atoms with Gasteiger partial charge in [-0.05, 0) is 52.7 Å². The smallest absolute Gasteiger partial charge is 0.266 e. The molecule has 1 heterocycles. The molecule has 2 rings (SSSR count).